The van der Waals surface area contributed by atoms with E-state index in [1.807, 2.05) is 25.1 Å². The third-order valence-corrected chi connectivity index (χ3v) is 5.11. The standard InChI is InChI=1S/C18H23BrN4/c1-12-10-15(8-9-16(12)19)21-17-11-13(2)20-18(23-17)22-14-6-4-3-5-7-14/h8-11,14H,3-7H2,1-2H3,(H2,20,21,22,23). The summed E-state index contributed by atoms with van der Waals surface area (Å²) in [6.07, 6.45) is 6.38. The van der Waals surface area contributed by atoms with E-state index in [4.69, 9.17) is 0 Å². The van der Waals surface area contributed by atoms with Crippen molar-refractivity contribution >= 4 is 33.4 Å². The molecular weight excluding hydrogens is 352 g/mol. The zero-order valence-electron chi connectivity index (χ0n) is 13.7. The first kappa shape index (κ1) is 16.2. The van der Waals surface area contributed by atoms with Gasteiger partial charge in [-0.15, -0.1) is 0 Å². The minimum absolute atomic E-state index is 0.508. The number of anilines is 3. The Labute approximate surface area is 146 Å². The first-order valence-corrected chi connectivity index (χ1v) is 9.05. The molecule has 1 aliphatic carbocycles. The molecule has 122 valence electrons. The Kier molecular flexibility index (Phi) is 5.16. The first-order valence-electron chi connectivity index (χ1n) is 8.25. The normalized spacial score (nSPS) is 15.4. The van der Waals surface area contributed by atoms with Crippen LogP contribution in [-0.2, 0) is 0 Å². The van der Waals surface area contributed by atoms with Gasteiger partial charge in [-0.1, -0.05) is 35.2 Å². The molecule has 0 aliphatic heterocycles. The monoisotopic (exact) mass is 374 g/mol. The van der Waals surface area contributed by atoms with E-state index >= 15 is 0 Å². The van der Waals surface area contributed by atoms with E-state index in [1.54, 1.807) is 0 Å². The molecule has 1 aromatic heterocycles. The summed E-state index contributed by atoms with van der Waals surface area (Å²) >= 11 is 3.53. The van der Waals surface area contributed by atoms with Gasteiger partial charge < -0.3 is 10.6 Å². The van der Waals surface area contributed by atoms with Crippen LogP contribution < -0.4 is 10.6 Å². The lowest BCUT2D eigenvalue weighted by molar-refractivity contribution is 0.461. The van der Waals surface area contributed by atoms with Crippen LogP contribution in [0, 0.1) is 13.8 Å². The Hall–Kier alpha value is -1.62. The van der Waals surface area contributed by atoms with Gasteiger partial charge in [0.1, 0.15) is 5.82 Å². The van der Waals surface area contributed by atoms with Crippen LogP contribution in [-0.4, -0.2) is 16.0 Å². The van der Waals surface area contributed by atoms with E-state index < -0.39 is 0 Å². The lowest BCUT2D eigenvalue weighted by atomic mass is 9.96. The number of aromatic nitrogens is 2. The summed E-state index contributed by atoms with van der Waals surface area (Å²) in [6, 6.07) is 8.68. The summed E-state index contributed by atoms with van der Waals surface area (Å²) in [5.74, 6) is 1.56. The van der Waals surface area contributed by atoms with E-state index in [1.165, 1.54) is 37.7 Å². The number of rotatable bonds is 4. The lowest BCUT2D eigenvalue weighted by Crippen LogP contribution is -2.23. The van der Waals surface area contributed by atoms with Crippen LogP contribution >= 0.6 is 15.9 Å². The molecule has 0 spiro atoms. The SMILES string of the molecule is Cc1cc(Nc2ccc(Br)c(C)c2)nc(NC2CCCCC2)n1. The average Bonchev–Trinajstić information content (AvgIpc) is 2.51. The van der Waals surface area contributed by atoms with Gasteiger partial charge in [-0.3, -0.25) is 0 Å². The van der Waals surface area contributed by atoms with Crippen molar-refractivity contribution < 1.29 is 0 Å². The van der Waals surface area contributed by atoms with Crippen molar-refractivity contribution in [3.8, 4) is 0 Å². The number of hydrogen-bond donors (Lipinski definition) is 2. The molecule has 5 heteroatoms. The summed E-state index contributed by atoms with van der Waals surface area (Å²) < 4.78 is 1.11. The lowest BCUT2D eigenvalue weighted by Gasteiger charge is -2.23. The van der Waals surface area contributed by atoms with E-state index in [-0.39, 0.29) is 0 Å². The van der Waals surface area contributed by atoms with Crippen molar-refractivity contribution in [3.63, 3.8) is 0 Å². The van der Waals surface area contributed by atoms with Crippen molar-refractivity contribution in [1.29, 1.82) is 0 Å². The largest absolute Gasteiger partial charge is 0.351 e. The summed E-state index contributed by atoms with van der Waals surface area (Å²) in [6.45, 7) is 4.09. The Morgan fingerprint density at radius 1 is 1.04 bits per heavy atom. The number of hydrogen-bond acceptors (Lipinski definition) is 4. The molecule has 1 heterocycles. The summed E-state index contributed by atoms with van der Waals surface area (Å²) in [7, 11) is 0. The molecule has 23 heavy (non-hydrogen) atoms. The quantitative estimate of drug-likeness (QED) is 0.757. The Morgan fingerprint density at radius 3 is 2.57 bits per heavy atom. The maximum absolute atomic E-state index is 4.63. The highest BCUT2D eigenvalue weighted by Crippen LogP contribution is 2.24. The average molecular weight is 375 g/mol. The van der Waals surface area contributed by atoms with Gasteiger partial charge in [0.25, 0.3) is 0 Å². The van der Waals surface area contributed by atoms with Crippen LogP contribution in [0.25, 0.3) is 0 Å². The van der Waals surface area contributed by atoms with Gasteiger partial charge in [-0.2, -0.15) is 4.98 Å². The molecule has 2 aromatic rings. The Balaban J connectivity index is 1.75. The number of nitrogens with zero attached hydrogens (tertiary/aromatic N) is 2. The van der Waals surface area contributed by atoms with Gasteiger partial charge in [0.2, 0.25) is 5.95 Å². The molecule has 0 bridgehead atoms. The minimum atomic E-state index is 0.508. The molecule has 0 amide bonds. The van der Waals surface area contributed by atoms with E-state index in [2.05, 4.69) is 49.5 Å². The maximum atomic E-state index is 4.63. The fourth-order valence-electron chi connectivity index (χ4n) is 3.00. The predicted octanol–water partition coefficient (Wildman–Crippen LogP) is 5.34. The highest BCUT2D eigenvalue weighted by atomic mass is 79.9. The van der Waals surface area contributed by atoms with Gasteiger partial charge in [-0.05, 0) is 50.5 Å². The molecule has 3 rings (SSSR count). The minimum Gasteiger partial charge on any atom is -0.351 e. The van der Waals surface area contributed by atoms with Crippen molar-refractivity contribution in [1.82, 2.24) is 9.97 Å². The van der Waals surface area contributed by atoms with Crippen molar-refractivity contribution in [3.05, 3.63) is 40.0 Å². The molecule has 0 saturated heterocycles. The molecule has 0 atom stereocenters. The summed E-state index contributed by atoms with van der Waals surface area (Å²) in [5, 5.41) is 6.88. The second-order valence-electron chi connectivity index (χ2n) is 6.29. The van der Waals surface area contributed by atoms with Gasteiger partial charge in [-0.25, -0.2) is 4.98 Å². The highest BCUT2D eigenvalue weighted by molar-refractivity contribution is 9.10. The van der Waals surface area contributed by atoms with Crippen LogP contribution in [0.15, 0.2) is 28.7 Å². The molecule has 0 radical (unpaired) electrons. The number of aryl methyl sites for hydroxylation is 2. The molecule has 4 nitrogen and oxygen atoms in total. The molecule has 0 unspecified atom stereocenters. The third-order valence-electron chi connectivity index (χ3n) is 4.22. The van der Waals surface area contributed by atoms with Crippen LogP contribution in [0.1, 0.15) is 43.4 Å². The number of nitrogens with one attached hydrogen (secondary N) is 2. The summed E-state index contributed by atoms with van der Waals surface area (Å²) in [5.41, 5.74) is 3.20. The van der Waals surface area contributed by atoms with Crippen molar-refractivity contribution in [2.75, 3.05) is 10.6 Å². The summed E-state index contributed by atoms with van der Waals surface area (Å²) in [4.78, 5) is 9.16. The van der Waals surface area contributed by atoms with Gasteiger partial charge >= 0.3 is 0 Å². The Morgan fingerprint density at radius 2 is 1.83 bits per heavy atom. The highest BCUT2D eigenvalue weighted by Gasteiger charge is 2.14. The Bertz CT molecular complexity index is 681. The molecular formula is C18H23BrN4. The zero-order chi connectivity index (χ0) is 16.2. The predicted molar refractivity (Wildman–Crippen MR) is 99.4 cm³/mol. The fraction of sp³-hybridized carbons (Fsp3) is 0.444. The van der Waals surface area contributed by atoms with Crippen molar-refractivity contribution in [2.45, 2.75) is 52.0 Å². The second-order valence-corrected chi connectivity index (χ2v) is 7.14. The van der Waals surface area contributed by atoms with Crippen LogP contribution in [0.2, 0.25) is 0 Å². The van der Waals surface area contributed by atoms with Crippen LogP contribution in [0.4, 0.5) is 17.5 Å². The fourth-order valence-corrected chi connectivity index (χ4v) is 3.24. The second kappa shape index (κ2) is 7.30. The van der Waals surface area contributed by atoms with Crippen LogP contribution in [0.3, 0.4) is 0 Å². The zero-order valence-corrected chi connectivity index (χ0v) is 15.3. The van der Waals surface area contributed by atoms with Crippen LogP contribution in [0.5, 0.6) is 0 Å². The van der Waals surface area contributed by atoms with E-state index in [9.17, 15) is 0 Å². The maximum Gasteiger partial charge on any atom is 0.225 e. The molecule has 1 saturated carbocycles. The molecule has 1 fully saturated rings. The molecule has 2 N–H and O–H groups in total. The third kappa shape index (κ3) is 4.44. The van der Waals surface area contributed by atoms with E-state index in [0.29, 0.717) is 6.04 Å². The molecule has 1 aliphatic rings. The van der Waals surface area contributed by atoms with Gasteiger partial charge in [0, 0.05) is 28.0 Å². The van der Waals surface area contributed by atoms with E-state index in [0.717, 1.165) is 27.6 Å². The molecule has 1 aromatic carbocycles. The first-order chi connectivity index (χ1) is 11.1. The van der Waals surface area contributed by atoms with Gasteiger partial charge in [0.05, 0.1) is 0 Å². The van der Waals surface area contributed by atoms with Gasteiger partial charge in [0.15, 0.2) is 0 Å². The number of halogens is 1. The topological polar surface area (TPSA) is 49.8 Å². The number of benzene rings is 1. The van der Waals surface area contributed by atoms with Crippen molar-refractivity contribution in [2.24, 2.45) is 0 Å². The smallest absolute Gasteiger partial charge is 0.225 e.